The fraction of sp³-hybridized carbons (Fsp3) is 0.538. The summed E-state index contributed by atoms with van der Waals surface area (Å²) in [6.45, 7) is 8.49. The van der Waals surface area contributed by atoms with Gasteiger partial charge in [-0.1, -0.05) is 56.1 Å². The largest absolute Gasteiger partial charge is 0.312 e. The van der Waals surface area contributed by atoms with Crippen LogP contribution in [-0.2, 0) is 6.54 Å². The van der Waals surface area contributed by atoms with Crippen molar-refractivity contribution in [3.63, 3.8) is 0 Å². The van der Waals surface area contributed by atoms with E-state index in [9.17, 15) is 0 Å². The first-order chi connectivity index (χ1) is 7.52. The molecule has 1 aromatic rings. The van der Waals surface area contributed by atoms with Gasteiger partial charge in [0.15, 0.2) is 0 Å². The predicted molar refractivity (Wildman–Crippen MR) is 72.2 cm³/mol. The highest BCUT2D eigenvalue weighted by atomic mass is 35.5. The third-order valence-electron chi connectivity index (χ3n) is 2.95. The molecule has 0 aromatic heterocycles. The van der Waals surface area contributed by atoms with Gasteiger partial charge in [-0.2, -0.15) is 0 Å². The van der Waals surface area contributed by atoms with Crippen LogP contribution in [0.5, 0.6) is 0 Å². The highest BCUT2D eigenvalue weighted by molar-refractivity contribution is 6.42. The minimum absolute atomic E-state index is 0.623. The highest BCUT2D eigenvalue weighted by Crippen LogP contribution is 2.25. The van der Waals surface area contributed by atoms with E-state index in [-0.39, 0.29) is 0 Å². The molecule has 0 aliphatic heterocycles. The van der Waals surface area contributed by atoms with Crippen LogP contribution >= 0.6 is 23.2 Å². The number of hydrogen-bond donors (Lipinski definition) is 1. The van der Waals surface area contributed by atoms with Crippen LogP contribution in [0.25, 0.3) is 0 Å². The van der Waals surface area contributed by atoms with Crippen molar-refractivity contribution in [2.45, 2.75) is 27.3 Å². The highest BCUT2D eigenvalue weighted by Gasteiger charge is 2.07. The summed E-state index contributed by atoms with van der Waals surface area (Å²) >= 11 is 12.0. The van der Waals surface area contributed by atoms with E-state index in [0.29, 0.717) is 21.9 Å². The summed E-state index contributed by atoms with van der Waals surface area (Å²) in [5.41, 5.74) is 1.06. The zero-order valence-corrected chi connectivity index (χ0v) is 11.6. The second kappa shape index (κ2) is 6.48. The Kier molecular flexibility index (Phi) is 5.60. The van der Waals surface area contributed by atoms with E-state index in [1.54, 1.807) is 0 Å². The van der Waals surface area contributed by atoms with E-state index in [1.807, 2.05) is 18.2 Å². The van der Waals surface area contributed by atoms with E-state index in [1.165, 1.54) is 0 Å². The van der Waals surface area contributed by atoms with Crippen molar-refractivity contribution in [1.29, 1.82) is 0 Å². The van der Waals surface area contributed by atoms with Crippen LogP contribution in [0.4, 0.5) is 0 Å². The molecule has 0 bridgehead atoms. The van der Waals surface area contributed by atoms with Crippen molar-refractivity contribution in [2.24, 2.45) is 11.8 Å². The van der Waals surface area contributed by atoms with Gasteiger partial charge in [0.2, 0.25) is 0 Å². The molecule has 0 fully saturated rings. The van der Waals surface area contributed by atoms with E-state index >= 15 is 0 Å². The topological polar surface area (TPSA) is 12.0 Å². The number of nitrogens with one attached hydrogen (secondary N) is 1. The Labute approximate surface area is 108 Å². The normalized spacial score (nSPS) is 13.1. The first kappa shape index (κ1) is 13.8. The van der Waals surface area contributed by atoms with E-state index in [4.69, 9.17) is 23.2 Å². The molecule has 1 rings (SSSR count). The second-order valence-electron chi connectivity index (χ2n) is 4.57. The van der Waals surface area contributed by atoms with Gasteiger partial charge >= 0.3 is 0 Å². The lowest BCUT2D eigenvalue weighted by Crippen LogP contribution is -2.23. The Hall–Kier alpha value is -0.240. The molecule has 0 amide bonds. The van der Waals surface area contributed by atoms with E-state index in [2.05, 4.69) is 26.1 Å². The zero-order chi connectivity index (χ0) is 12.1. The van der Waals surface area contributed by atoms with Crippen molar-refractivity contribution < 1.29 is 0 Å². The van der Waals surface area contributed by atoms with Crippen molar-refractivity contribution in [3.05, 3.63) is 33.8 Å². The summed E-state index contributed by atoms with van der Waals surface area (Å²) in [6.07, 6.45) is 0. The van der Waals surface area contributed by atoms with Gasteiger partial charge in [0.25, 0.3) is 0 Å². The van der Waals surface area contributed by atoms with Crippen LogP contribution in [-0.4, -0.2) is 6.54 Å². The van der Waals surface area contributed by atoms with Gasteiger partial charge in [0.05, 0.1) is 10.0 Å². The van der Waals surface area contributed by atoms with Gasteiger partial charge in [-0.05, 0) is 30.0 Å². The molecular weight excluding hydrogens is 241 g/mol. The number of halogens is 2. The molecule has 1 unspecified atom stereocenters. The first-order valence-electron chi connectivity index (χ1n) is 5.66. The van der Waals surface area contributed by atoms with Crippen LogP contribution in [0.15, 0.2) is 18.2 Å². The monoisotopic (exact) mass is 259 g/mol. The zero-order valence-electron chi connectivity index (χ0n) is 10.1. The van der Waals surface area contributed by atoms with Gasteiger partial charge in [-0.15, -0.1) is 0 Å². The average molecular weight is 260 g/mol. The maximum Gasteiger partial charge on any atom is 0.0637 e. The van der Waals surface area contributed by atoms with E-state index in [0.717, 1.165) is 18.7 Å². The number of benzene rings is 1. The molecule has 1 atom stereocenters. The van der Waals surface area contributed by atoms with Crippen LogP contribution in [0.1, 0.15) is 26.3 Å². The first-order valence-corrected chi connectivity index (χ1v) is 6.41. The Morgan fingerprint density at radius 1 is 1.19 bits per heavy atom. The molecule has 1 N–H and O–H groups in total. The van der Waals surface area contributed by atoms with Gasteiger partial charge in [-0.3, -0.25) is 0 Å². The third kappa shape index (κ3) is 3.97. The van der Waals surface area contributed by atoms with Gasteiger partial charge in [0, 0.05) is 6.54 Å². The molecule has 0 aliphatic carbocycles. The molecule has 90 valence electrons. The Morgan fingerprint density at radius 3 is 2.50 bits per heavy atom. The summed E-state index contributed by atoms with van der Waals surface area (Å²) in [7, 11) is 0. The Morgan fingerprint density at radius 2 is 1.88 bits per heavy atom. The lowest BCUT2D eigenvalue weighted by atomic mass is 9.98. The van der Waals surface area contributed by atoms with Gasteiger partial charge in [0.1, 0.15) is 0 Å². The third-order valence-corrected chi connectivity index (χ3v) is 3.81. The minimum Gasteiger partial charge on any atom is -0.312 e. The lowest BCUT2D eigenvalue weighted by Gasteiger charge is -2.16. The summed E-state index contributed by atoms with van der Waals surface area (Å²) in [6, 6.07) is 5.74. The van der Waals surface area contributed by atoms with E-state index < -0.39 is 0 Å². The van der Waals surface area contributed by atoms with Crippen LogP contribution < -0.4 is 5.32 Å². The molecule has 1 aromatic carbocycles. The molecule has 0 spiro atoms. The fourth-order valence-corrected chi connectivity index (χ4v) is 1.74. The molecule has 0 saturated carbocycles. The Balaban J connectivity index is 2.46. The molecule has 0 aliphatic rings. The number of rotatable bonds is 5. The fourth-order valence-electron chi connectivity index (χ4n) is 1.36. The summed E-state index contributed by atoms with van der Waals surface area (Å²) in [4.78, 5) is 0. The molecular formula is C13H19Cl2N. The smallest absolute Gasteiger partial charge is 0.0637 e. The van der Waals surface area contributed by atoms with Crippen molar-refractivity contribution in [3.8, 4) is 0 Å². The molecule has 1 nitrogen and oxygen atoms in total. The predicted octanol–water partition coefficient (Wildman–Crippen LogP) is 4.38. The summed E-state index contributed by atoms with van der Waals surface area (Å²) in [5.74, 6) is 1.36. The van der Waals surface area contributed by atoms with Gasteiger partial charge < -0.3 is 5.32 Å². The summed E-state index contributed by atoms with van der Waals surface area (Å²) in [5, 5.41) is 4.69. The molecule has 3 heteroatoms. The average Bonchev–Trinajstić information content (AvgIpc) is 2.24. The standard InChI is InChI=1S/C13H19Cl2N/c1-9(2)10(3)7-16-8-11-5-4-6-12(14)13(11)15/h4-6,9-10,16H,7-8H2,1-3H3. The van der Waals surface area contributed by atoms with Crippen LogP contribution in [0.2, 0.25) is 10.0 Å². The number of hydrogen-bond acceptors (Lipinski definition) is 1. The SMILES string of the molecule is CC(C)C(C)CNCc1cccc(Cl)c1Cl. The lowest BCUT2D eigenvalue weighted by molar-refractivity contribution is 0.392. The maximum absolute atomic E-state index is 6.10. The Bertz CT molecular complexity index is 337. The molecule has 0 radical (unpaired) electrons. The van der Waals surface area contributed by atoms with Crippen molar-refractivity contribution in [2.75, 3.05) is 6.54 Å². The van der Waals surface area contributed by atoms with Crippen LogP contribution in [0, 0.1) is 11.8 Å². The second-order valence-corrected chi connectivity index (χ2v) is 5.35. The summed E-state index contributed by atoms with van der Waals surface area (Å²) < 4.78 is 0. The quantitative estimate of drug-likeness (QED) is 0.828. The van der Waals surface area contributed by atoms with Crippen molar-refractivity contribution in [1.82, 2.24) is 5.32 Å². The molecule has 16 heavy (non-hydrogen) atoms. The van der Waals surface area contributed by atoms with Gasteiger partial charge in [-0.25, -0.2) is 0 Å². The van der Waals surface area contributed by atoms with Crippen molar-refractivity contribution >= 4 is 23.2 Å². The minimum atomic E-state index is 0.623. The maximum atomic E-state index is 6.10. The molecule has 0 heterocycles. The molecule has 0 saturated heterocycles. The van der Waals surface area contributed by atoms with Crippen LogP contribution in [0.3, 0.4) is 0 Å².